The molecule has 0 saturated carbocycles. The molecule has 2 aromatic rings. The number of ether oxygens (including phenoxy) is 1. The van der Waals surface area contributed by atoms with Crippen LogP contribution < -0.4 is 0 Å². The lowest BCUT2D eigenvalue weighted by molar-refractivity contribution is 0.0563. The predicted molar refractivity (Wildman–Crippen MR) is 60.8 cm³/mol. The van der Waals surface area contributed by atoms with Crippen molar-refractivity contribution in [2.75, 3.05) is 7.11 Å². The molecule has 2 rings (SSSR count). The maximum atomic E-state index is 11.4. The summed E-state index contributed by atoms with van der Waals surface area (Å²) >= 11 is 0. The van der Waals surface area contributed by atoms with Crippen LogP contribution in [0.5, 0.6) is 0 Å². The molecule has 19 heavy (non-hydrogen) atoms. The van der Waals surface area contributed by atoms with Gasteiger partial charge in [0.25, 0.3) is 0 Å². The molecule has 0 aromatic carbocycles. The molecule has 0 saturated heterocycles. The number of imidazole rings is 1. The van der Waals surface area contributed by atoms with Crippen molar-refractivity contribution in [3.63, 3.8) is 0 Å². The Balaban J connectivity index is 2.36. The molecule has 0 aliphatic rings. The van der Waals surface area contributed by atoms with Crippen molar-refractivity contribution in [3.8, 4) is 12.1 Å². The third-order valence-electron chi connectivity index (χ3n) is 2.51. The first kappa shape index (κ1) is 12.4. The molecule has 0 amide bonds. The summed E-state index contributed by atoms with van der Waals surface area (Å²) in [5.41, 5.74) is 0.732. The number of aromatic nitrogens is 2. The minimum Gasteiger partial charge on any atom is -0.463 e. The van der Waals surface area contributed by atoms with Gasteiger partial charge in [-0.1, -0.05) is 0 Å². The largest absolute Gasteiger partial charge is 0.463 e. The molecule has 2 aromatic heterocycles. The van der Waals surface area contributed by atoms with Crippen LogP contribution in [0.15, 0.2) is 23.1 Å². The zero-order valence-electron chi connectivity index (χ0n) is 9.95. The minimum absolute atomic E-state index is 0.0469. The fourth-order valence-electron chi connectivity index (χ4n) is 1.62. The van der Waals surface area contributed by atoms with Crippen molar-refractivity contribution < 1.29 is 13.9 Å². The molecule has 0 unspecified atom stereocenters. The summed E-state index contributed by atoms with van der Waals surface area (Å²) in [6.45, 7) is 0.193. The molecular formula is C12H8N4O3. The highest BCUT2D eigenvalue weighted by Crippen LogP contribution is 2.15. The highest BCUT2D eigenvalue weighted by atomic mass is 16.5. The van der Waals surface area contributed by atoms with Gasteiger partial charge in [0.15, 0.2) is 11.4 Å². The lowest BCUT2D eigenvalue weighted by atomic mass is 10.2. The van der Waals surface area contributed by atoms with E-state index in [-0.39, 0.29) is 23.7 Å². The third kappa shape index (κ3) is 2.17. The maximum Gasteiger partial charge on any atom is 0.374 e. The molecule has 0 atom stereocenters. The Morgan fingerprint density at radius 3 is 2.95 bits per heavy atom. The number of rotatable bonds is 3. The second kappa shape index (κ2) is 5.07. The van der Waals surface area contributed by atoms with Crippen LogP contribution in [-0.2, 0) is 11.3 Å². The summed E-state index contributed by atoms with van der Waals surface area (Å²) in [6, 6.07) is 5.32. The van der Waals surface area contributed by atoms with E-state index in [9.17, 15) is 4.79 Å². The number of carbonyl (C=O) groups is 1. The molecule has 7 heteroatoms. The molecule has 0 aliphatic heterocycles. The van der Waals surface area contributed by atoms with Gasteiger partial charge in [0.2, 0.25) is 5.76 Å². The number of carbonyl (C=O) groups excluding carboxylic acids is 1. The van der Waals surface area contributed by atoms with Crippen LogP contribution in [0.3, 0.4) is 0 Å². The van der Waals surface area contributed by atoms with Crippen LogP contribution in [0.1, 0.15) is 27.5 Å². The van der Waals surface area contributed by atoms with Gasteiger partial charge < -0.3 is 13.7 Å². The summed E-state index contributed by atoms with van der Waals surface area (Å²) in [7, 11) is 1.25. The van der Waals surface area contributed by atoms with Gasteiger partial charge in [-0.25, -0.2) is 9.78 Å². The number of nitrogens with zero attached hydrogens (tertiary/aromatic N) is 4. The standard InChI is InChI=1S/C12H8N4O3/c1-18-12(17)11-8(2-3-19-11)6-16-7-15-9(4-13)10(16)5-14/h2-3,7H,6H2,1H3. The Bertz CT molecular complexity index is 699. The summed E-state index contributed by atoms with van der Waals surface area (Å²) in [5.74, 6) is -0.530. The molecular weight excluding hydrogens is 248 g/mol. The van der Waals surface area contributed by atoms with Crippen LogP contribution in [0.4, 0.5) is 0 Å². The molecule has 94 valence electrons. The molecule has 7 nitrogen and oxygen atoms in total. The van der Waals surface area contributed by atoms with Crippen LogP contribution in [0.2, 0.25) is 0 Å². The molecule has 0 fully saturated rings. The smallest absolute Gasteiger partial charge is 0.374 e. The number of furan rings is 1. The van der Waals surface area contributed by atoms with E-state index >= 15 is 0 Å². The van der Waals surface area contributed by atoms with E-state index in [0.717, 1.165) is 0 Å². The van der Waals surface area contributed by atoms with Gasteiger partial charge in [-0.3, -0.25) is 0 Å². The van der Waals surface area contributed by atoms with Crippen LogP contribution in [0, 0.1) is 22.7 Å². The van der Waals surface area contributed by atoms with Gasteiger partial charge >= 0.3 is 5.97 Å². The Morgan fingerprint density at radius 2 is 2.32 bits per heavy atom. The molecule has 0 aliphatic carbocycles. The molecule has 0 radical (unpaired) electrons. The van der Waals surface area contributed by atoms with Crippen molar-refractivity contribution in [2.45, 2.75) is 6.54 Å². The van der Waals surface area contributed by atoms with Crippen molar-refractivity contribution >= 4 is 5.97 Å². The topological polar surface area (TPSA) is 105 Å². The Labute approximate surface area is 108 Å². The first-order valence-corrected chi connectivity index (χ1v) is 5.21. The van der Waals surface area contributed by atoms with E-state index in [0.29, 0.717) is 5.56 Å². The van der Waals surface area contributed by atoms with Crippen molar-refractivity contribution in [1.29, 1.82) is 10.5 Å². The van der Waals surface area contributed by atoms with Crippen LogP contribution >= 0.6 is 0 Å². The highest BCUT2D eigenvalue weighted by molar-refractivity contribution is 5.87. The van der Waals surface area contributed by atoms with E-state index in [1.807, 2.05) is 12.1 Å². The summed E-state index contributed by atoms with van der Waals surface area (Å²) in [6.07, 6.45) is 2.72. The second-order valence-electron chi connectivity index (χ2n) is 3.56. The Kier molecular flexibility index (Phi) is 3.31. The molecule has 0 bridgehead atoms. The molecule has 0 spiro atoms. The number of hydrogen-bond donors (Lipinski definition) is 0. The van der Waals surface area contributed by atoms with Gasteiger partial charge in [-0.15, -0.1) is 0 Å². The van der Waals surface area contributed by atoms with E-state index in [4.69, 9.17) is 14.9 Å². The van der Waals surface area contributed by atoms with Crippen molar-refractivity contribution in [2.24, 2.45) is 0 Å². The van der Waals surface area contributed by atoms with Gasteiger partial charge in [-0.2, -0.15) is 10.5 Å². The Hall–Kier alpha value is -3.06. The fraction of sp³-hybridized carbons (Fsp3) is 0.167. The van der Waals surface area contributed by atoms with E-state index in [1.165, 1.54) is 24.3 Å². The average Bonchev–Trinajstić information content (AvgIpc) is 3.04. The summed E-state index contributed by atoms with van der Waals surface area (Å²) in [4.78, 5) is 15.3. The summed E-state index contributed by atoms with van der Waals surface area (Å²) < 4.78 is 11.1. The lowest BCUT2D eigenvalue weighted by Gasteiger charge is -2.03. The lowest BCUT2D eigenvalue weighted by Crippen LogP contribution is -2.07. The SMILES string of the molecule is COC(=O)c1occc1Cn1cnc(C#N)c1C#N. The molecule has 2 heterocycles. The molecule has 0 N–H and O–H groups in total. The van der Waals surface area contributed by atoms with E-state index in [1.54, 1.807) is 6.07 Å². The minimum atomic E-state index is -0.598. The number of nitriles is 2. The second-order valence-corrected chi connectivity index (χ2v) is 3.56. The quantitative estimate of drug-likeness (QED) is 0.760. The zero-order chi connectivity index (χ0) is 13.8. The number of esters is 1. The first-order valence-electron chi connectivity index (χ1n) is 5.21. The maximum absolute atomic E-state index is 11.4. The first-order chi connectivity index (χ1) is 9.21. The summed E-state index contributed by atoms with van der Waals surface area (Å²) in [5, 5.41) is 17.8. The predicted octanol–water partition coefficient (Wildman–Crippen LogP) is 1.05. The monoisotopic (exact) mass is 256 g/mol. The fourth-order valence-corrected chi connectivity index (χ4v) is 1.62. The highest BCUT2D eigenvalue weighted by Gasteiger charge is 2.18. The zero-order valence-corrected chi connectivity index (χ0v) is 9.95. The average molecular weight is 256 g/mol. The van der Waals surface area contributed by atoms with Crippen LogP contribution in [-0.4, -0.2) is 22.6 Å². The van der Waals surface area contributed by atoms with Gasteiger partial charge in [0, 0.05) is 5.56 Å². The number of hydrogen-bond acceptors (Lipinski definition) is 6. The third-order valence-corrected chi connectivity index (χ3v) is 2.51. The normalized spacial score (nSPS) is 9.63. The van der Waals surface area contributed by atoms with E-state index < -0.39 is 5.97 Å². The van der Waals surface area contributed by atoms with Gasteiger partial charge in [-0.05, 0) is 6.07 Å². The Morgan fingerprint density at radius 1 is 1.53 bits per heavy atom. The van der Waals surface area contributed by atoms with Gasteiger partial charge in [0.1, 0.15) is 12.1 Å². The van der Waals surface area contributed by atoms with Crippen LogP contribution in [0.25, 0.3) is 0 Å². The number of methoxy groups -OCH3 is 1. The van der Waals surface area contributed by atoms with E-state index in [2.05, 4.69) is 9.72 Å². The van der Waals surface area contributed by atoms with Crippen molar-refractivity contribution in [3.05, 3.63) is 41.4 Å². The van der Waals surface area contributed by atoms with Gasteiger partial charge in [0.05, 0.1) is 26.2 Å². The van der Waals surface area contributed by atoms with Crippen molar-refractivity contribution in [1.82, 2.24) is 9.55 Å².